The lowest BCUT2D eigenvalue weighted by Gasteiger charge is -2.09. The minimum atomic E-state index is -0.160. The van der Waals surface area contributed by atoms with Crippen LogP contribution in [-0.4, -0.2) is 15.7 Å². The van der Waals surface area contributed by atoms with Crippen LogP contribution in [0.25, 0.3) is 0 Å². The number of aryl methyl sites for hydroxylation is 3. The van der Waals surface area contributed by atoms with Gasteiger partial charge in [0, 0.05) is 12.6 Å². The number of nitrogens with one attached hydrogen (secondary N) is 1. The predicted molar refractivity (Wildman–Crippen MR) is 76.1 cm³/mol. The zero-order valence-corrected chi connectivity index (χ0v) is 11.4. The van der Waals surface area contributed by atoms with Crippen molar-refractivity contribution in [3.8, 4) is 0 Å². The number of benzene rings is 1. The van der Waals surface area contributed by atoms with Crippen molar-refractivity contribution in [3.63, 3.8) is 0 Å². The molecule has 3 N–H and O–H groups in total. The highest BCUT2D eigenvalue weighted by Crippen LogP contribution is 2.22. The van der Waals surface area contributed by atoms with Gasteiger partial charge in [-0.2, -0.15) is 5.10 Å². The van der Waals surface area contributed by atoms with E-state index in [1.54, 1.807) is 11.7 Å². The third-order valence-electron chi connectivity index (χ3n) is 3.14. The van der Waals surface area contributed by atoms with E-state index >= 15 is 0 Å². The lowest BCUT2D eigenvalue weighted by molar-refractivity contribution is 0.102. The second kappa shape index (κ2) is 5.14. The molecule has 0 spiro atoms. The Morgan fingerprint density at radius 3 is 2.68 bits per heavy atom. The van der Waals surface area contributed by atoms with Crippen molar-refractivity contribution in [1.29, 1.82) is 0 Å². The molecule has 0 aliphatic rings. The summed E-state index contributed by atoms with van der Waals surface area (Å²) in [7, 11) is 1.75. The van der Waals surface area contributed by atoms with Crippen LogP contribution in [0.1, 0.15) is 28.5 Å². The maximum atomic E-state index is 12.3. The number of aromatic nitrogens is 2. The molecule has 0 saturated carbocycles. The summed E-state index contributed by atoms with van der Waals surface area (Å²) in [5.41, 5.74) is 8.80. The van der Waals surface area contributed by atoms with Crippen LogP contribution >= 0.6 is 0 Å². The van der Waals surface area contributed by atoms with Crippen molar-refractivity contribution in [2.75, 3.05) is 11.1 Å². The van der Waals surface area contributed by atoms with E-state index in [0.717, 1.165) is 12.0 Å². The zero-order chi connectivity index (χ0) is 14.0. The number of nitrogens with two attached hydrogens (primary N) is 1. The van der Waals surface area contributed by atoms with Crippen LogP contribution in [0.15, 0.2) is 24.3 Å². The normalized spacial score (nSPS) is 10.5. The second-order valence-electron chi connectivity index (χ2n) is 4.44. The van der Waals surface area contributed by atoms with Gasteiger partial charge in [-0.15, -0.1) is 0 Å². The lowest BCUT2D eigenvalue weighted by Crippen LogP contribution is -2.17. The Morgan fingerprint density at radius 2 is 2.11 bits per heavy atom. The molecular weight excluding hydrogens is 240 g/mol. The minimum Gasteiger partial charge on any atom is -0.394 e. The third kappa shape index (κ3) is 2.45. The standard InChI is InChI=1S/C14H18N4O/c1-4-10-7-5-6-8-11(10)14(19)16-13-12(15)9(2)17-18(13)3/h5-8H,4,15H2,1-3H3,(H,16,19). The Bertz CT molecular complexity index is 616. The molecule has 1 aromatic heterocycles. The van der Waals surface area contributed by atoms with Gasteiger partial charge in [-0.1, -0.05) is 25.1 Å². The Morgan fingerprint density at radius 1 is 1.42 bits per heavy atom. The number of carbonyl (C=O) groups excluding carboxylic acids is 1. The molecular formula is C14H18N4O. The van der Waals surface area contributed by atoms with Crippen LogP contribution in [-0.2, 0) is 13.5 Å². The van der Waals surface area contributed by atoms with Gasteiger partial charge in [0.15, 0.2) is 5.82 Å². The van der Waals surface area contributed by atoms with Gasteiger partial charge in [0.25, 0.3) is 5.91 Å². The predicted octanol–water partition coefficient (Wildman–Crippen LogP) is 2.13. The topological polar surface area (TPSA) is 72.9 Å². The minimum absolute atomic E-state index is 0.160. The molecule has 0 aliphatic heterocycles. The monoisotopic (exact) mass is 258 g/mol. The van der Waals surface area contributed by atoms with Crippen LogP contribution in [0.5, 0.6) is 0 Å². The average molecular weight is 258 g/mol. The molecule has 0 atom stereocenters. The van der Waals surface area contributed by atoms with Crippen LogP contribution < -0.4 is 11.1 Å². The molecule has 5 nitrogen and oxygen atoms in total. The first kappa shape index (κ1) is 13.1. The third-order valence-corrected chi connectivity index (χ3v) is 3.14. The fourth-order valence-electron chi connectivity index (χ4n) is 2.05. The second-order valence-corrected chi connectivity index (χ2v) is 4.44. The SMILES string of the molecule is CCc1ccccc1C(=O)Nc1c(N)c(C)nn1C. The maximum absolute atomic E-state index is 12.3. The first-order valence-electron chi connectivity index (χ1n) is 6.23. The van der Waals surface area contributed by atoms with Gasteiger partial charge >= 0.3 is 0 Å². The molecule has 2 rings (SSSR count). The summed E-state index contributed by atoms with van der Waals surface area (Å²) in [5.74, 6) is 0.376. The van der Waals surface area contributed by atoms with E-state index in [4.69, 9.17) is 5.73 Å². The Balaban J connectivity index is 2.31. The Kier molecular flexibility index (Phi) is 3.55. The van der Waals surface area contributed by atoms with Gasteiger partial charge < -0.3 is 11.1 Å². The Hall–Kier alpha value is -2.30. The summed E-state index contributed by atoms with van der Waals surface area (Å²) in [5, 5.41) is 7.00. The van der Waals surface area contributed by atoms with Gasteiger partial charge in [0.05, 0.1) is 11.4 Å². The number of hydrogen-bond donors (Lipinski definition) is 2. The smallest absolute Gasteiger partial charge is 0.257 e. The van der Waals surface area contributed by atoms with Crippen molar-refractivity contribution >= 4 is 17.4 Å². The largest absolute Gasteiger partial charge is 0.394 e. The van der Waals surface area contributed by atoms with E-state index < -0.39 is 0 Å². The molecule has 0 radical (unpaired) electrons. The molecule has 1 amide bonds. The van der Waals surface area contributed by atoms with Gasteiger partial charge in [-0.05, 0) is 25.0 Å². The van der Waals surface area contributed by atoms with E-state index in [0.29, 0.717) is 22.8 Å². The van der Waals surface area contributed by atoms with Crippen molar-refractivity contribution in [2.45, 2.75) is 20.3 Å². The zero-order valence-electron chi connectivity index (χ0n) is 11.4. The van der Waals surface area contributed by atoms with E-state index in [1.807, 2.05) is 38.1 Å². The number of hydrogen-bond acceptors (Lipinski definition) is 3. The average Bonchev–Trinajstić information content (AvgIpc) is 2.65. The molecule has 0 bridgehead atoms. The summed E-state index contributed by atoms with van der Waals surface area (Å²) in [4.78, 5) is 12.3. The first-order valence-corrected chi connectivity index (χ1v) is 6.23. The number of rotatable bonds is 3. The molecule has 0 unspecified atom stereocenters. The molecule has 0 fully saturated rings. The first-order chi connectivity index (χ1) is 9.04. The highest BCUT2D eigenvalue weighted by Gasteiger charge is 2.15. The number of nitrogens with zero attached hydrogens (tertiary/aromatic N) is 2. The lowest BCUT2D eigenvalue weighted by atomic mass is 10.0. The van der Waals surface area contributed by atoms with Crippen molar-refractivity contribution in [3.05, 3.63) is 41.1 Å². The molecule has 5 heteroatoms. The number of carbonyl (C=O) groups is 1. The molecule has 19 heavy (non-hydrogen) atoms. The van der Waals surface area contributed by atoms with Gasteiger partial charge in [0.2, 0.25) is 0 Å². The molecule has 100 valence electrons. The summed E-state index contributed by atoms with van der Waals surface area (Å²) in [6.45, 7) is 3.83. The molecule has 0 saturated heterocycles. The molecule has 1 heterocycles. The number of amides is 1. The molecule has 2 aromatic rings. The van der Waals surface area contributed by atoms with Crippen molar-refractivity contribution < 1.29 is 4.79 Å². The van der Waals surface area contributed by atoms with E-state index in [2.05, 4.69) is 10.4 Å². The van der Waals surface area contributed by atoms with Crippen LogP contribution in [0.3, 0.4) is 0 Å². The van der Waals surface area contributed by atoms with Crippen LogP contribution in [0, 0.1) is 6.92 Å². The maximum Gasteiger partial charge on any atom is 0.257 e. The van der Waals surface area contributed by atoms with Crippen molar-refractivity contribution in [1.82, 2.24) is 9.78 Å². The van der Waals surface area contributed by atoms with Gasteiger partial charge in [-0.25, -0.2) is 0 Å². The van der Waals surface area contributed by atoms with Crippen LogP contribution in [0.4, 0.5) is 11.5 Å². The fourth-order valence-corrected chi connectivity index (χ4v) is 2.05. The summed E-state index contributed by atoms with van der Waals surface area (Å²) >= 11 is 0. The number of nitrogen functional groups attached to an aromatic ring is 1. The van der Waals surface area contributed by atoms with Crippen molar-refractivity contribution in [2.24, 2.45) is 7.05 Å². The van der Waals surface area contributed by atoms with E-state index in [-0.39, 0.29) is 5.91 Å². The van der Waals surface area contributed by atoms with Crippen LogP contribution in [0.2, 0.25) is 0 Å². The fraction of sp³-hybridized carbons (Fsp3) is 0.286. The van der Waals surface area contributed by atoms with Gasteiger partial charge in [0.1, 0.15) is 0 Å². The summed E-state index contributed by atoms with van der Waals surface area (Å²) < 4.78 is 1.58. The number of anilines is 2. The highest BCUT2D eigenvalue weighted by atomic mass is 16.1. The quantitative estimate of drug-likeness (QED) is 0.885. The highest BCUT2D eigenvalue weighted by molar-refractivity contribution is 6.06. The van der Waals surface area contributed by atoms with E-state index in [1.165, 1.54) is 0 Å². The summed E-state index contributed by atoms with van der Waals surface area (Å²) in [6, 6.07) is 7.55. The van der Waals surface area contributed by atoms with Gasteiger partial charge in [-0.3, -0.25) is 9.48 Å². The Labute approximate surface area is 112 Å². The van der Waals surface area contributed by atoms with E-state index in [9.17, 15) is 4.79 Å². The summed E-state index contributed by atoms with van der Waals surface area (Å²) in [6.07, 6.45) is 0.809. The molecule has 0 aliphatic carbocycles. The molecule has 1 aromatic carbocycles.